The number of nitrogens with one attached hydrogen (secondary N) is 1. The third kappa shape index (κ3) is 2.01. The first kappa shape index (κ1) is 8.20. The first-order chi connectivity index (χ1) is 5.24. The summed E-state index contributed by atoms with van der Waals surface area (Å²) >= 11 is 3.24. The maximum atomic E-state index is 7.25. The summed E-state index contributed by atoms with van der Waals surface area (Å²) in [6.07, 6.45) is 1.63. The summed E-state index contributed by atoms with van der Waals surface area (Å²) in [5.74, 6) is 0.0810. The summed E-state index contributed by atoms with van der Waals surface area (Å²) in [4.78, 5) is 3.95. The van der Waals surface area contributed by atoms with E-state index in [0.717, 1.165) is 4.47 Å². The number of pyridine rings is 1. The molecule has 0 atom stereocenters. The fourth-order valence-electron chi connectivity index (χ4n) is 0.615. The van der Waals surface area contributed by atoms with Crippen LogP contribution in [0.25, 0.3) is 0 Å². The average molecular weight is 215 g/mol. The number of methoxy groups -OCH3 is 1. The topological polar surface area (TPSA) is 46.0 Å². The molecule has 1 aromatic heterocycles. The zero-order chi connectivity index (χ0) is 8.27. The molecular formula is C7H7BrN2O. The molecule has 0 aliphatic rings. The van der Waals surface area contributed by atoms with Gasteiger partial charge in [0.1, 0.15) is 5.69 Å². The summed E-state index contributed by atoms with van der Waals surface area (Å²) in [6, 6.07) is 3.53. The summed E-state index contributed by atoms with van der Waals surface area (Å²) in [5.41, 5.74) is 0.538. The molecule has 58 valence electrons. The number of hydrogen-bond acceptors (Lipinski definition) is 3. The monoisotopic (exact) mass is 214 g/mol. The molecule has 0 spiro atoms. The fraction of sp³-hybridized carbons (Fsp3) is 0.143. The van der Waals surface area contributed by atoms with Gasteiger partial charge in [-0.25, -0.2) is 0 Å². The highest BCUT2D eigenvalue weighted by molar-refractivity contribution is 9.10. The van der Waals surface area contributed by atoms with E-state index in [0.29, 0.717) is 5.69 Å². The predicted octanol–water partition coefficient (Wildman–Crippen LogP) is 1.82. The standard InChI is InChI=1S/C7H7BrN2O/c1-11-7(9)6-3-2-5(8)4-10-6/h2-4,9H,1H3. The quantitative estimate of drug-likeness (QED) is 0.573. The zero-order valence-electron chi connectivity index (χ0n) is 5.97. The smallest absolute Gasteiger partial charge is 0.232 e. The Hall–Kier alpha value is -0.900. The van der Waals surface area contributed by atoms with E-state index < -0.39 is 0 Å². The lowest BCUT2D eigenvalue weighted by atomic mass is 10.3. The van der Waals surface area contributed by atoms with E-state index >= 15 is 0 Å². The second-order valence-electron chi connectivity index (χ2n) is 1.89. The van der Waals surface area contributed by atoms with Gasteiger partial charge in [-0.2, -0.15) is 0 Å². The highest BCUT2D eigenvalue weighted by Crippen LogP contribution is 2.07. The van der Waals surface area contributed by atoms with Crippen molar-refractivity contribution in [3.05, 3.63) is 28.5 Å². The van der Waals surface area contributed by atoms with Gasteiger partial charge in [-0.15, -0.1) is 0 Å². The first-order valence-electron chi connectivity index (χ1n) is 2.98. The number of aromatic nitrogens is 1. The van der Waals surface area contributed by atoms with E-state index in [9.17, 15) is 0 Å². The van der Waals surface area contributed by atoms with Crippen LogP contribution in [-0.2, 0) is 4.74 Å². The van der Waals surface area contributed by atoms with Crippen molar-refractivity contribution >= 4 is 21.8 Å². The molecule has 1 heterocycles. The van der Waals surface area contributed by atoms with Crippen molar-refractivity contribution < 1.29 is 4.74 Å². The van der Waals surface area contributed by atoms with Gasteiger partial charge in [-0.1, -0.05) is 0 Å². The second-order valence-corrected chi connectivity index (χ2v) is 2.81. The van der Waals surface area contributed by atoms with Gasteiger partial charge in [0.25, 0.3) is 0 Å². The minimum absolute atomic E-state index is 0.0810. The minimum atomic E-state index is 0.0810. The molecule has 0 aliphatic carbocycles. The molecule has 0 saturated carbocycles. The van der Waals surface area contributed by atoms with Crippen LogP contribution in [0.4, 0.5) is 0 Å². The SMILES string of the molecule is COC(=N)c1ccc(Br)cn1. The molecule has 0 saturated heterocycles. The van der Waals surface area contributed by atoms with Gasteiger partial charge in [0.05, 0.1) is 7.11 Å². The Morgan fingerprint density at radius 3 is 2.82 bits per heavy atom. The summed E-state index contributed by atoms with van der Waals surface area (Å²) < 4.78 is 5.58. The summed E-state index contributed by atoms with van der Waals surface area (Å²) in [5, 5.41) is 7.25. The normalized spacial score (nSPS) is 9.27. The molecule has 0 fully saturated rings. The van der Waals surface area contributed by atoms with Crippen molar-refractivity contribution in [2.24, 2.45) is 0 Å². The highest BCUT2D eigenvalue weighted by atomic mass is 79.9. The van der Waals surface area contributed by atoms with Gasteiger partial charge in [0, 0.05) is 10.7 Å². The van der Waals surface area contributed by atoms with Gasteiger partial charge in [-0.05, 0) is 28.1 Å². The van der Waals surface area contributed by atoms with E-state index in [-0.39, 0.29) is 5.90 Å². The fourth-order valence-corrected chi connectivity index (χ4v) is 0.849. The van der Waals surface area contributed by atoms with E-state index in [1.807, 2.05) is 6.07 Å². The van der Waals surface area contributed by atoms with Gasteiger partial charge in [-0.3, -0.25) is 10.4 Å². The van der Waals surface area contributed by atoms with Crippen molar-refractivity contribution in [1.82, 2.24) is 4.98 Å². The largest absolute Gasteiger partial charge is 0.480 e. The Morgan fingerprint density at radius 1 is 1.64 bits per heavy atom. The van der Waals surface area contributed by atoms with Crippen LogP contribution in [0, 0.1) is 5.41 Å². The van der Waals surface area contributed by atoms with Crippen LogP contribution in [-0.4, -0.2) is 18.0 Å². The average Bonchev–Trinajstić information content (AvgIpc) is 2.05. The molecule has 0 aliphatic heterocycles. The lowest BCUT2D eigenvalue weighted by Crippen LogP contribution is -2.03. The van der Waals surface area contributed by atoms with Crippen LogP contribution in [0.5, 0.6) is 0 Å². The molecule has 1 N–H and O–H groups in total. The Morgan fingerprint density at radius 2 is 2.36 bits per heavy atom. The van der Waals surface area contributed by atoms with Crippen molar-refractivity contribution in [2.45, 2.75) is 0 Å². The molecule has 0 bridgehead atoms. The van der Waals surface area contributed by atoms with Gasteiger partial charge >= 0.3 is 0 Å². The van der Waals surface area contributed by atoms with E-state index in [1.165, 1.54) is 7.11 Å². The number of ether oxygens (including phenoxy) is 1. The molecule has 0 radical (unpaired) electrons. The lowest BCUT2D eigenvalue weighted by Gasteiger charge is -1.99. The van der Waals surface area contributed by atoms with Crippen LogP contribution in [0.3, 0.4) is 0 Å². The van der Waals surface area contributed by atoms with Gasteiger partial charge in [0.15, 0.2) is 0 Å². The third-order valence-electron chi connectivity index (χ3n) is 1.16. The van der Waals surface area contributed by atoms with Gasteiger partial charge < -0.3 is 4.74 Å². The Kier molecular flexibility index (Phi) is 2.59. The molecule has 0 unspecified atom stereocenters. The Labute approximate surface area is 73.0 Å². The molecule has 1 aromatic rings. The van der Waals surface area contributed by atoms with Crippen molar-refractivity contribution in [2.75, 3.05) is 7.11 Å². The molecule has 3 nitrogen and oxygen atoms in total. The number of nitrogens with zero attached hydrogens (tertiary/aromatic N) is 1. The van der Waals surface area contributed by atoms with Gasteiger partial charge in [0.2, 0.25) is 5.90 Å². The molecule has 11 heavy (non-hydrogen) atoms. The summed E-state index contributed by atoms with van der Waals surface area (Å²) in [6.45, 7) is 0. The predicted molar refractivity (Wildman–Crippen MR) is 45.8 cm³/mol. The molecular weight excluding hydrogens is 208 g/mol. The van der Waals surface area contributed by atoms with Crippen molar-refractivity contribution in [1.29, 1.82) is 5.41 Å². The van der Waals surface area contributed by atoms with Crippen molar-refractivity contribution in [3.63, 3.8) is 0 Å². The molecule has 0 amide bonds. The van der Waals surface area contributed by atoms with Crippen LogP contribution in [0.15, 0.2) is 22.8 Å². The van der Waals surface area contributed by atoms with Crippen LogP contribution >= 0.6 is 15.9 Å². The van der Waals surface area contributed by atoms with Crippen LogP contribution < -0.4 is 0 Å². The highest BCUT2D eigenvalue weighted by Gasteiger charge is 1.99. The lowest BCUT2D eigenvalue weighted by molar-refractivity contribution is 0.399. The maximum absolute atomic E-state index is 7.25. The molecule has 4 heteroatoms. The minimum Gasteiger partial charge on any atom is -0.480 e. The Balaban J connectivity index is 2.90. The van der Waals surface area contributed by atoms with Crippen molar-refractivity contribution in [3.8, 4) is 0 Å². The zero-order valence-corrected chi connectivity index (χ0v) is 7.55. The van der Waals surface area contributed by atoms with E-state index in [2.05, 4.69) is 25.7 Å². The van der Waals surface area contributed by atoms with E-state index in [4.69, 9.17) is 5.41 Å². The molecule has 1 rings (SSSR count). The maximum Gasteiger partial charge on any atom is 0.232 e. The second kappa shape index (κ2) is 3.48. The number of rotatable bonds is 1. The number of hydrogen-bond donors (Lipinski definition) is 1. The third-order valence-corrected chi connectivity index (χ3v) is 1.63. The summed E-state index contributed by atoms with van der Waals surface area (Å²) in [7, 11) is 1.45. The number of halogens is 1. The molecule has 0 aromatic carbocycles. The Bertz CT molecular complexity index is 258. The first-order valence-corrected chi connectivity index (χ1v) is 3.78. The van der Waals surface area contributed by atoms with Crippen LogP contribution in [0.2, 0.25) is 0 Å². The van der Waals surface area contributed by atoms with E-state index in [1.54, 1.807) is 12.3 Å². The van der Waals surface area contributed by atoms with Crippen LogP contribution in [0.1, 0.15) is 5.69 Å².